The predicted molar refractivity (Wildman–Crippen MR) is 64.7 cm³/mol. The Balaban J connectivity index is 2.49. The van der Waals surface area contributed by atoms with Gasteiger partial charge in [0.2, 0.25) is 0 Å². The van der Waals surface area contributed by atoms with E-state index >= 15 is 0 Å². The normalized spacial score (nSPS) is 9.88. The lowest BCUT2D eigenvalue weighted by atomic mass is 10.1. The van der Waals surface area contributed by atoms with Crippen molar-refractivity contribution in [2.24, 2.45) is 0 Å². The Morgan fingerprint density at radius 3 is 2.81 bits per heavy atom. The van der Waals surface area contributed by atoms with Crippen molar-refractivity contribution in [3.05, 3.63) is 29.8 Å². The van der Waals surface area contributed by atoms with Crippen LogP contribution >= 0.6 is 0 Å². The lowest BCUT2D eigenvalue weighted by molar-refractivity contribution is 0.198. The van der Waals surface area contributed by atoms with Gasteiger partial charge in [-0.15, -0.1) is 0 Å². The van der Waals surface area contributed by atoms with Gasteiger partial charge >= 0.3 is 6.03 Å². The molecule has 1 rings (SSSR count). The number of hydrogen-bond donors (Lipinski definition) is 2. The SMILES string of the molecule is CCc1ccccc1NC(=O)NCCOC. The highest BCUT2D eigenvalue weighted by Gasteiger charge is 2.03. The molecule has 0 saturated carbocycles. The molecule has 4 heteroatoms. The van der Waals surface area contributed by atoms with Crippen LogP contribution in [0.25, 0.3) is 0 Å². The smallest absolute Gasteiger partial charge is 0.319 e. The van der Waals surface area contributed by atoms with Crippen molar-refractivity contribution in [3.63, 3.8) is 0 Å². The molecule has 0 aliphatic carbocycles. The van der Waals surface area contributed by atoms with E-state index in [9.17, 15) is 4.79 Å². The molecule has 0 aliphatic rings. The number of amides is 2. The van der Waals surface area contributed by atoms with Crippen LogP contribution in [0.1, 0.15) is 12.5 Å². The number of rotatable bonds is 5. The molecule has 2 amide bonds. The topological polar surface area (TPSA) is 50.4 Å². The second-order valence-electron chi connectivity index (χ2n) is 3.38. The highest BCUT2D eigenvalue weighted by atomic mass is 16.5. The second-order valence-corrected chi connectivity index (χ2v) is 3.38. The van der Waals surface area contributed by atoms with Crippen molar-refractivity contribution in [3.8, 4) is 0 Å². The number of aryl methyl sites for hydroxylation is 1. The average Bonchev–Trinajstić information content (AvgIpc) is 2.30. The van der Waals surface area contributed by atoms with Gasteiger partial charge in [-0.2, -0.15) is 0 Å². The Morgan fingerprint density at radius 1 is 1.38 bits per heavy atom. The Hall–Kier alpha value is -1.55. The minimum atomic E-state index is -0.196. The number of nitrogens with one attached hydrogen (secondary N) is 2. The van der Waals surface area contributed by atoms with Crippen LogP contribution in [0, 0.1) is 0 Å². The average molecular weight is 222 g/mol. The summed E-state index contributed by atoms with van der Waals surface area (Å²) in [6.45, 7) is 3.09. The van der Waals surface area contributed by atoms with Gasteiger partial charge in [0.15, 0.2) is 0 Å². The fraction of sp³-hybridized carbons (Fsp3) is 0.417. The van der Waals surface area contributed by atoms with Crippen molar-refractivity contribution in [2.45, 2.75) is 13.3 Å². The molecule has 0 aliphatic heterocycles. The molecule has 1 aromatic carbocycles. The zero-order valence-corrected chi connectivity index (χ0v) is 9.75. The van der Waals surface area contributed by atoms with Gasteiger partial charge in [-0.1, -0.05) is 25.1 Å². The van der Waals surface area contributed by atoms with Crippen LogP contribution in [0.15, 0.2) is 24.3 Å². The molecule has 0 fully saturated rings. The Bertz CT molecular complexity index is 340. The number of anilines is 1. The summed E-state index contributed by atoms with van der Waals surface area (Å²) in [7, 11) is 1.60. The zero-order chi connectivity index (χ0) is 11.8. The van der Waals surface area contributed by atoms with E-state index in [4.69, 9.17) is 4.74 Å². The first-order valence-electron chi connectivity index (χ1n) is 5.39. The number of carbonyl (C=O) groups excluding carboxylic acids is 1. The molecule has 2 N–H and O–H groups in total. The molecular weight excluding hydrogens is 204 g/mol. The number of hydrogen-bond acceptors (Lipinski definition) is 2. The minimum absolute atomic E-state index is 0.196. The van der Waals surface area contributed by atoms with Gasteiger partial charge < -0.3 is 15.4 Å². The first-order valence-corrected chi connectivity index (χ1v) is 5.39. The van der Waals surface area contributed by atoms with Crippen molar-refractivity contribution in [1.29, 1.82) is 0 Å². The Morgan fingerprint density at radius 2 is 2.12 bits per heavy atom. The summed E-state index contributed by atoms with van der Waals surface area (Å²) in [4.78, 5) is 11.5. The minimum Gasteiger partial charge on any atom is -0.383 e. The Labute approximate surface area is 96.0 Å². The maximum atomic E-state index is 11.5. The van der Waals surface area contributed by atoms with Gasteiger partial charge in [0, 0.05) is 19.3 Å². The molecule has 0 aromatic heterocycles. The van der Waals surface area contributed by atoms with Gasteiger partial charge in [0.25, 0.3) is 0 Å². The van der Waals surface area contributed by atoms with E-state index in [0.717, 1.165) is 17.7 Å². The molecule has 0 atom stereocenters. The van der Waals surface area contributed by atoms with Crippen LogP contribution in [0.2, 0.25) is 0 Å². The number of para-hydroxylation sites is 1. The van der Waals surface area contributed by atoms with E-state index in [-0.39, 0.29) is 6.03 Å². The molecule has 0 radical (unpaired) electrons. The fourth-order valence-corrected chi connectivity index (χ4v) is 1.38. The molecule has 1 aromatic rings. The van der Waals surface area contributed by atoms with Crippen molar-refractivity contribution in [2.75, 3.05) is 25.6 Å². The van der Waals surface area contributed by atoms with Crippen molar-refractivity contribution < 1.29 is 9.53 Å². The summed E-state index contributed by atoms with van der Waals surface area (Å²) < 4.78 is 4.84. The lowest BCUT2D eigenvalue weighted by Gasteiger charge is -2.10. The second kappa shape index (κ2) is 6.85. The molecule has 0 unspecified atom stereocenters. The first-order chi connectivity index (χ1) is 7.77. The van der Waals surface area contributed by atoms with Crippen molar-refractivity contribution in [1.82, 2.24) is 5.32 Å². The molecule has 0 heterocycles. The number of ether oxygens (including phenoxy) is 1. The third-order valence-electron chi connectivity index (χ3n) is 2.24. The molecule has 0 bridgehead atoms. The van der Waals surface area contributed by atoms with Gasteiger partial charge in [0.05, 0.1) is 6.61 Å². The summed E-state index contributed by atoms with van der Waals surface area (Å²) in [6.07, 6.45) is 0.897. The van der Waals surface area contributed by atoms with E-state index in [2.05, 4.69) is 17.6 Å². The van der Waals surface area contributed by atoms with Crippen LogP contribution < -0.4 is 10.6 Å². The van der Waals surface area contributed by atoms with Crippen LogP contribution in [0.5, 0.6) is 0 Å². The molecule has 0 spiro atoms. The first kappa shape index (κ1) is 12.5. The number of urea groups is 1. The van der Waals surface area contributed by atoms with Crippen LogP contribution in [0.3, 0.4) is 0 Å². The number of benzene rings is 1. The summed E-state index contributed by atoms with van der Waals surface area (Å²) >= 11 is 0. The predicted octanol–water partition coefficient (Wildman–Crippen LogP) is 2.02. The van der Waals surface area contributed by atoms with E-state index in [1.54, 1.807) is 7.11 Å². The number of carbonyl (C=O) groups is 1. The maximum absolute atomic E-state index is 11.5. The monoisotopic (exact) mass is 222 g/mol. The number of methoxy groups -OCH3 is 1. The van der Waals surface area contributed by atoms with Crippen LogP contribution in [-0.2, 0) is 11.2 Å². The van der Waals surface area contributed by atoms with Gasteiger partial charge in [0.1, 0.15) is 0 Å². The van der Waals surface area contributed by atoms with Gasteiger partial charge in [-0.25, -0.2) is 4.79 Å². The third kappa shape index (κ3) is 3.90. The molecule has 0 saturated heterocycles. The van der Waals surface area contributed by atoms with Crippen molar-refractivity contribution >= 4 is 11.7 Å². The summed E-state index contributed by atoms with van der Waals surface area (Å²) in [5.74, 6) is 0. The molecule has 88 valence electrons. The van der Waals surface area contributed by atoms with Gasteiger partial charge in [-0.3, -0.25) is 0 Å². The Kier molecular flexibility index (Phi) is 5.36. The van der Waals surface area contributed by atoms with E-state index in [1.165, 1.54) is 0 Å². The standard InChI is InChI=1S/C12H18N2O2/c1-3-10-6-4-5-7-11(10)14-12(15)13-8-9-16-2/h4-7H,3,8-9H2,1-2H3,(H2,13,14,15). The van der Waals surface area contributed by atoms with E-state index in [0.29, 0.717) is 13.2 Å². The maximum Gasteiger partial charge on any atom is 0.319 e. The quantitative estimate of drug-likeness (QED) is 0.749. The molecule has 4 nitrogen and oxygen atoms in total. The third-order valence-corrected chi connectivity index (χ3v) is 2.24. The largest absolute Gasteiger partial charge is 0.383 e. The lowest BCUT2D eigenvalue weighted by Crippen LogP contribution is -2.31. The summed E-state index contributed by atoms with van der Waals surface area (Å²) in [5.41, 5.74) is 1.99. The van der Waals surface area contributed by atoms with E-state index in [1.807, 2.05) is 24.3 Å². The molecular formula is C12H18N2O2. The zero-order valence-electron chi connectivity index (χ0n) is 9.75. The highest BCUT2D eigenvalue weighted by Crippen LogP contribution is 2.14. The fourth-order valence-electron chi connectivity index (χ4n) is 1.38. The van der Waals surface area contributed by atoms with Crippen LogP contribution in [0.4, 0.5) is 10.5 Å². The molecule has 16 heavy (non-hydrogen) atoms. The van der Waals surface area contributed by atoms with Crippen LogP contribution in [-0.4, -0.2) is 26.3 Å². The highest BCUT2D eigenvalue weighted by molar-refractivity contribution is 5.90. The summed E-state index contributed by atoms with van der Waals surface area (Å²) in [5, 5.41) is 5.52. The van der Waals surface area contributed by atoms with E-state index < -0.39 is 0 Å². The summed E-state index contributed by atoms with van der Waals surface area (Å²) in [6, 6.07) is 7.58. The van der Waals surface area contributed by atoms with Gasteiger partial charge in [-0.05, 0) is 18.1 Å².